The molecular weight excluding hydrogens is 236 g/mol. The fourth-order valence-corrected chi connectivity index (χ4v) is 2.12. The number of aromatic nitrogens is 1. The van der Waals surface area contributed by atoms with E-state index in [4.69, 9.17) is 5.14 Å². The van der Waals surface area contributed by atoms with E-state index in [-0.39, 0.29) is 4.90 Å². The van der Waals surface area contributed by atoms with Crippen LogP contribution in [0.1, 0.15) is 5.56 Å². The molecule has 0 bridgehead atoms. The van der Waals surface area contributed by atoms with E-state index in [0.717, 1.165) is 16.7 Å². The third-order valence-corrected chi connectivity index (χ3v) is 3.28. The molecule has 88 valence electrons. The fraction of sp³-hybridized carbons (Fsp3) is 0.0833. The highest BCUT2D eigenvalue weighted by atomic mass is 32.2. The van der Waals surface area contributed by atoms with Gasteiger partial charge in [-0.1, -0.05) is 12.1 Å². The Morgan fingerprint density at radius 1 is 1.12 bits per heavy atom. The lowest BCUT2D eigenvalue weighted by Gasteiger charge is -2.04. The molecule has 2 rings (SSSR count). The molecule has 1 heterocycles. The van der Waals surface area contributed by atoms with Crippen molar-refractivity contribution in [1.82, 2.24) is 4.98 Å². The number of benzene rings is 1. The zero-order chi connectivity index (χ0) is 12.5. The van der Waals surface area contributed by atoms with Crippen molar-refractivity contribution in [1.29, 1.82) is 0 Å². The number of hydrogen-bond acceptors (Lipinski definition) is 3. The van der Waals surface area contributed by atoms with Crippen LogP contribution in [-0.2, 0) is 10.0 Å². The Hall–Kier alpha value is -1.72. The zero-order valence-electron chi connectivity index (χ0n) is 9.29. The van der Waals surface area contributed by atoms with Gasteiger partial charge in [0.25, 0.3) is 0 Å². The van der Waals surface area contributed by atoms with E-state index >= 15 is 0 Å². The average Bonchev–Trinajstić information content (AvgIpc) is 2.28. The normalized spacial score (nSPS) is 11.4. The van der Waals surface area contributed by atoms with Crippen molar-refractivity contribution in [2.24, 2.45) is 5.14 Å². The van der Waals surface area contributed by atoms with Crippen molar-refractivity contribution in [3.63, 3.8) is 0 Å². The summed E-state index contributed by atoms with van der Waals surface area (Å²) < 4.78 is 22.5. The molecular formula is C12H12N2O2S. The van der Waals surface area contributed by atoms with Crippen LogP contribution in [0, 0.1) is 6.92 Å². The topological polar surface area (TPSA) is 73.0 Å². The van der Waals surface area contributed by atoms with Gasteiger partial charge in [0, 0.05) is 18.0 Å². The summed E-state index contributed by atoms with van der Waals surface area (Å²) in [6.07, 6.45) is 3.43. The molecule has 2 N–H and O–H groups in total. The van der Waals surface area contributed by atoms with Crippen molar-refractivity contribution >= 4 is 10.0 Å². The Bertz CT molecular complexity index is 651. The van der Waals surface area contributed by atoms with Crippen LogP contribution in [-0.4, -0.2) is 13.4 Å². The lowest BCUT2D eigenvalue weighted by molar-refractivity contribution is 0.598. The van der Waals surface area contributed by atoms with E-state index in [9.17, 15) is 8.42 Å². The molecule has 0 atom stereocenters. The molecule has 0 aliphatic rings. The van der Waals surface area contributed by atoms with Crippen molar-refractivity contribution in [2.45, 2.75) is 11.8 Å². The maximum absolute atomic E-state index is 11.2. The Morgan fingerprint density at radius 3 is 2.53 bits per heavy atom. The highest BCUT2D eigenvalue weighted by molar-refractivity contribution is 7.89. The monoisotopic (exact) mass is 248 g/mol. The third-order valence-electron chi connectivity index (χ3n) is 2.37. The molecule has 0 radical (unpaired) electrons. The number of pyridine rings is 1. The predicted molar refractivity (Wildman–Crippen MR) is 65.8 cm³/mol. The highest BCUT2D eigenvalue weighted by Crippen LogP contribution is 2.21. The van der Waals surface area contributed by atoms with Crippen molar-refractivity contribution in [3.8, 4) is 11.1 Å². The van der Waals surface area contributed by atoms with Crippen LogP contribution in [0.3, 0.4) is 0 Å². The van der Waals surface area contributed by atoms with Gasteiger partial charge in [-0.25, -0.2) is 13.6 Å². The lowest BCUT2D eigenvalue weighted by atomic mass is 10.1. The predicted octanol–water partition coefficient (Wildman–Crippen LogP) is 1.70. The first-order valence-corrected chi connectivity index (χ1v) is 6.56. The Kier molecular flexibility index (Phi) is 2.95. The zero-order valence-corrected chi connectivity index (χ0v) is 10.1. The minimum absolute atomic E-state index is 0.108. The largest absolute Gasteiger partial charge is 0.264 e. The molecule has 0 spiro atoms. The standard InChI is InChI=1S/C12H12N2O2S/c1-9-5-11(8-14-7-9)10-3-2-4-12(6-10)17(13,15)16/h2-8H,1H3,(H2,13,15,16). The van der Waals surface area contributed by atoms with Crippen molar-refractivity contribution in [2.75, 3.05) is 0 Å². The number of aryl methyl sites for hydroxylation is 1. The number of nitrogens with zero attached hydrogens (tertiary/aromatic N) is 1. The van der Waals surface area contributed by atoms with Crippen LogP contribution >= 0.6 is 0 Å². The molecule has 1 aromatic heterocycles. The van der Waals surface area contributed by atoms with Crippen LogP contribution < -0.4 is 5.14 Å². The maximum atomic E-state index is 11.2. The Morgan fingerprint density at radius 2 is 1.88 bits per heavy atom. The van der Waals surface area contributed by atoms with Crippen LogP contribution in [0.25, 0.3) is 11.1 Å². The van der Waals surface area contributed by atoms with Crippen molar-refractivity contribution < 1.29 is 8.42 Å². The second-order valence-electron chi connectivity index (χ2n) is 3.82. The average molecular weight is 248 g/mol. The van der Waals surface area contributed by atoms with Gasteiger partial charge in [-0.3, -0.25) is 4.98 Å². The first kappa shape index (κ1) is 11.8. The Labute approximate surface area is 100 Å². The minimum Gasteiger partial charge on any atom is -0.264 e. The highest BCUT2D eigenvalue weighted by Gasteiger charge is 2.08. The number of nitrogens with two attached hydrogens (primary N) is 1. The molecule has 2 aromatic rings. The van der Waals surface area contributed by atoms with Crippen LogP contribution in [0.15, 0.2) is 47.6 Å². The van der Waals surface area contributed by atoms with E-state index < -0.39 is 10.0 Å². The number of primary sulfonamides is 1. The Balaban J connectivity index is 2.54. The van der Waals surface area contributed by atoms with Crippen LogP contribution in [0.4, 0.5) is 0 Å². The SMILES string of the molecule is Cc1cncc(-c2cccc(S(N)(=O)=O)c2)c1. The second-order valence-corrected chi connectivity index (χ2v) is 5.39. The third kappa shape index (κ3) is 2.69. The van der Waals surface area contributed by atoms with Gasteiger partial charge in [-0.2, -0.15) is 0 Å². The molecule has 0 fully saturated rings. The molecule has 5 heteroatoms. The molecule has 17 heavy (non-hydrogen) atoms. The molecule has 1 aromatic carbocycles. The van der Waals surface area contributed by atoms with Gasteiger partial charge in [-0.15, -0.1) is 0 Å². The first-order valence-electron chi connectivity index (χ1n) is 5.02. The van der Waals surface area contributed by atoms with E-state index in [2.05, 4.69) is 4.98 Å². The van der Waals surface area contributed by atoms with E-state index in [1.54, 1.807) is 24.5 Å². The summed E-state index contributed by atoms with van der Waals surface area (Å²) in [6.45, 7) is 1.93. The molecule has 0 amide bonds. The molecule has 0 aliphatic carbocycles. The van der Waals surface area contributed by atoms with Crippen molar-refractivity contribution in [3.05, 3.63) is 48.3 Å². The number of hydrogen-bond donors (Lipinski definition) is 1. The van der Waals surface area contributed by atoms with E-state index in [0.29, 0.717) is 0 Å². The summed E-state index contributed by atoms with van der Waals surface area (Å²) in [5, 5.41) is 5.09. The van der Waals surface area contributed by atoms with E-state index in [1.165, 1.54) is 6.07 Å². The van der Waals surface area contributed by atoms with Crippen LogP contribution in [0.2, 0.25) is 0 Å². The summed E-state index contributed by atoms with van der Waals surface area (Å²) >= 11 is 0. The molecule has 4 nitrogen and oxygen atoms in total. The van der Waals surface area contributed by atoms with Gasteiger partial charge in [0.2, 0.25) is 10.0 Å². The van der Waals surface area contributed by atoms with Gasteiger partial charge >= 0.3 is 0 Å². The number of sulfonamides is 1. The summed E-state index contributed by atoms with van der Waals surface area (Å²) in [5.74, 6) is 0. The van der Waals surface area contributed by atoms with Crippen LogP contribution in [0.5, 0.6) is 0 Å². The second kappa shape index (κ2) is 4.27. The van der Waals surface area contributed by atoms with Gasteiger partial charge in [0.1, 0.15) is 0 Å². The van der Waals surface area contributed by atoms with Gasteiger partial charge in [0.15, 0.2) is 0 Å². The quantitative estimate of drug-likeness (QED) is 0.879. The molecule has 0 saturated heterocycles. The number of rotatable bonds is 2. The lowest BCUT2D eigenvalue weighted by Crippen LogP contribution is -2.11. The maximum Gasteiger partial charge on any atom is 0.238 e. The molecule has 0 unspecified atom stereocenters. The van der Waals surface area contributed by atoms with E-state index in [1.807, 2.05) is 19.1 Å². The van der Waals surface area contributed by atoms with Gasteiger partial charge in [-0.05, 0) is 36.2 Å². The summed E-state index contributed by atoms with van der Waals surface area (Å²) in [7, 11) is -3.66. The minimum atomic E-state index is -3.66. The molecule has 0 saturated carbocycles. The summed E-state index contributed by atoms with van der Waals surface area (Å²) in [5.41, 5.74) is 2.67. The smallest absolute Gasteiger partial charge is 0.238 e. The molecule has 0 aliphatic heterocycles. The summed E-state index contributed by atoms with van der Waals surface area (Å²) in [4.78, 5) is 4.18. The van der Waals surface area contributed by atoms with Gasteiger partial charge < -0.3 is 0 Å². The fourth-order valence-electron chi connectivity index (χ4n) is 1.57. The van der Waals surface area contributed by atoms with Gasteiger partial charge in [0.05, 0.1) is 4.90 Å². The first-order chi connectivity index (χ1) is 7.97. The summed E-state index contributed by atoms with van der Waals surface area (Å²) in [6, 6.07) is 8.45.